The van der Waals surface area contributed by atoms with E-state index in [0.29, 0.717) is 0 Å². The third kappa shape index (κ3) is 2.17. The molecule has 0 fully saturated rings. The molecular weight excluding hydrogens is 178 g/mol. The molecule has 3 nitrogen and oxygen atoms in total. The summed E-state index contributed by atoms with van der Waals surface area (Å²) >= 11 is 0. The lowest BCUT2D eigenvalue weighted by molar-refractivity contribution is 0.298. The van der Waals surface area contributed by atoms with Crippen LogP contribution in [0.2, 0.25) is 0 Å². The smallest absolute Gasteiger partial charge is 0.122 e. The van der Waals surface area contributed by atoms with Crippen molar-refractivity contribution in [2.75, 3.05) is 25.8 Å². The second-order valence-electron chi connectivity index (χ2n) is 3.19. The van der Waals surface area contributed by atoms with Gasteiger partial charge in [-0.05, 0) is 30.2 Å². The molecule has 0 saturated carbocycles. The third-order valence-electron chi connectivity index (χ3n) is 2.30. The monoisotopic (exact) mass is 195 g/mol. The van der Waals surface area contributed by atoms with Gasteiger partial charge >= 0.3 is 0 Å². The van der Waals surface area contributed by atoms with Gasteiger partial charge in [-0.15, -0.1) is 0 Å². The number of anilines is 1. The van der Waals surface area contributed by atoms with Gasteiger partial charge in [0, 0.05) is 12.7 Å². The van der Waals surface area contributed by atoms with Crippen LogP contribution in [0.15, 0.2) is 18.2 Å². The van der Waals surface area contributed by atoms with Gasteiger partial charge in [0.15, 0.2) is 0 Å². The average Bonchev–Trinajstić information content (AvgIpc) is 2.26. The van der Waals surface area contributed by atoms with E-state index in [1.165, 1.54) is 0 Å². The van der Waals surface area contributed by atoms with Crippen molar-refractivity contribution in [2.45, 2.75) is 13.3 Å². The van der Waals surface area contributed by atoms with Gasteiger partial charge in [-0.2, -0.15) is 0 Å². The van der Waals surface area contributed by atoms with E-state index in [4.69, 9.17) is 9.84 Å². The first-order valence-electron chi connectivity index (χ1n) is 4.71. The van der Waals surface area contributed by atoms with Crippen molar-refractivity contribution in [3.63, 3.8) is 0 Å². The van der Waals surface area contributed by atoms with E-state index in [1.807, 2.05) is 25.2 Å². The summed E-state index contributed by atoms with van der Waals surface area (Å²) < 4.78 is 5.22. The van der Waals surface area contributed by atoms with Crippen molar-refractivity contribution < 1.29 is 9.84 Å². The Morgan fingerprint density at radius 3 is 2.64 bits per heavy atom. The minimum atomic E-state index is 0.0233. The molecule has 78 valence electrons. The Morgan fingerprint density at radius 1 is 1.43 bits per heavy atom. The molecule has 1 aromatic rings. The summed E-state index contributed by atoms with van der Waals surface area (Å²) in [6, 6.07) is 5.91. The highest BCUT2D eigenvalue weighted by atomic mass is 16.5. The van der Waals surface area contributed by atoms with Crippen LogP contribution in [-0.2, 0) is 6.42 Å². The van der Waals surface area contributed by atoms with Gasteiger partial charge in [-0.1, -0.05) is 6.92 Å². The molecule has 0 heterocycles. The van der Waals surface area contributed by atoms with Crippen molar-refractivity contribution in [2.24, 2.45) is 0 Å². The van der Waals surface area contributed by atoms with Gasteiger partial charge in [0.2, 0.25) is 0 Å². The first kappa shape index (κ1) is 10.9. The molecule has 0 radical (unpaired) electrons. The van der Waals surface area contributed by atoms with Gasteiger partial charge in [0.25, 0.3) is 0 Å². The number of hydrogen-bond donors (Lipinski definition) is 1. The van der Waals surface area contributed by atoms with Crippen molar-refractivity contribution in [1.82, 2.24) is 0 Å². The van der Waals surface area contributed by atoms with E-state index in [9.17, 15) is 0 Å². The second-order valence-corrected chi connectivity index (χ2v) is 3.19. The third-order valence-corrected chi connectivity index (χ3v) is 2.30. The maximum Gasteiger partial charge on any atom is 0.122 e. The zero-order valence-corrected chi connectivity index (χ0v) is 8.95. The average molecular weight is 195 g/mol. The molecule has 1 aromatic carbocycles. The Morgan fingerprint density at radius 2 is 2.14 bits per heavy atom. The minimum Gasteiger partial charge on any atom is -0.496 e. The van der Waals surface area contributed by atoms with Crippen molar-refractivity contribution in [3.8, 4) is 5.75 Å². The normalized spacial score (nSPS) is 10.0. The van der Waals surface area contributed by atoms with E-state index in [0.717, 1.165) is 23.4 Å². The Balaban J connectivity index is 3.01. The summed E-state index contributed by atoms with van der Waals surface area (Å²) in [5.41, 5.74) is 2.16. The number of aliphatic hydroxyl groups excluding tert-OH is 1. The molecule has 0 aromatic heterocycles. The maximum atomic E-state index is 8.97. The van der Waals surface area contributed by atoms with Gasteiger partial charge in [0.05, 0.1) is 7.11 Å². The fourth-order valence-corrected chi connectivity index (χ4v) is 1.36. The Kier molecular flexibility index (Phi) is 3.77. The predicted molar refractivity (Wildman–Crippen MR) is 57.9 cm³/mol. The molecule has 0 saturated heterocycles. The van der Waals surface area contributed by atoms with Crippen molar-refractivity contribution in [1.29, 1.82) is 0 Å². The molecule has 14 heavy (non-hydrogen) atoms. The highest BCUT2D eigenvalue weighted by molar-refractivity contribution is 5.52. The van der Waals surface area contributed by atoms with Crippen LogP contribution < -0.4 is 9.64 Å². The maximum absolute atomic E-state index is 8.97. The van der Waals surface area contributed by atoms with Crippen LogP contribution in [0.25, 0.3) is 0 Å². The van der Waals surface area contributed by atoms with Gasteiger partial charge in [-0.25, -0.2) is 0 Å². The summed E-state index contributed by atoms with van der Waals surface area (Å²) in [5, 5.41) is 8.97. The topological polar surface area (TPSA) is 32.7 Å². The second kappa shape index (κ2) is 4.86. The lowest BCUT2D eigenvalue weighted by Gasteiger charge is -2.17. The van der Waals surface area contributed by atoms with Crippen LogP contribution in [-0.4, -0.2) is 26.0 Å². The van der Waals surface area contributed by atoms with E-state index >= 15 is 0 Å². The highest BCUT2D eigenvalue weighted by Gasteiger charge is 2.04. The van der Waals surface area contributed by atoms with Crippen molar-refractivity contribution in [3.05, 3.63) is 23.8 Å². The Hall–Kier alpha value is -1.22. The van der Waals surface area contributed by atoms with E-state index in [2.05, 4.69) is 6.92 Å². The van der Waals surface area contributed by atoms with Gasteiger partial charge in [-0.3, -0.25) is 0 Å². The van der Waals surface area contributed by atoms with Gasteiger partial charge < -0.3 is 14.7 Å². The number of aliphatic hydroxyl groups is 1. The first-order valence-corrected chi connectivity index (χ1v) is 4.71. The van der Waals surface area contributed by atoms with E-state index in [-0.39, 0.29) is 6.73 Å². The molecule has 0 atom stereocenters. The number of benzene rings is 1. The molecule has 3 heteroatoms. The Bertz CT molecular complexity index is 299. The fraction of sp³-hybridized carbons (Fsp3) is 0.455. The zero-order valence-electron chi connectivity index (χ0n) is 8.95. The number of ether oxygens (including phenoxy) is 1. The highest BCUT2D eigenvalue weighted by Crippen LogP contribution is 2.24. The molecule has 0 amide bonds. The molecule has 0 aliphatic rings. The molecule has 0 aliphatic heterocycles. The SMILES string of the molecule is CCc1cc(N(C)CO)ccc1OC. The summed E-state index contributed by atoms with van der Waals surface area (Å²) in [6.45, 7) is 2.11. The molecular formula is C11H17NO2. The van der Waals surface area contributed by atoms with E-state index in [1.54, 1.807) is 12.0 Å². The molecule has 0 spiro atoms. The quantitative estimate of drug-likeness (QED) is 0.741. The van der Waals surface area contributed by atoms with Crippen LogP contribution in [0, 0.1) is 0 Å². The molecule has 1 N–H and O–H groups in total. The summed E-state index contributed by atoms with van der Waals surface area (Å²) in [7, 11) is 3.52. The van der Waals surface area contributed by atoms with Crippen LogP contribution >= 0.6 is 0 Å². The predicted octanol–water partition coefficient (Wildman–Crippen LogP) is 1.64. The largest absolute Gasteiger partial charge is 0.496 e. The number of aryl methyl sites for hydroxylation is 1. The van der Waals surface area contributed by atoms with Crippen LogP contribution in [0.4, 0.5) is 5.69 Å². The summed E-state index contributed by atoms with van der Waals surface area (Å²) in [6.07, 6.45) is 0.927. The molecule has 1 rings (SSSR count). The first-order chi connectivity index (χ1) is 6.72. The Labute approximate surface area is 84.9 Å². The lowest BCUT2D eigenvalue weighted by Crippen LogP contribution is -2.17. The van der Waals surface area contributed by atoms with E-state index < -0.39 is 0 Å². The number of methoxy groups -OCH3 is 1. The standard InChI is InChI=1S/C11H17NO2/c1-4-9-7-10(12(2)8-13)5-6-11(9)14-3/h5-7,13H,4,8H2,1-3H3. The lowest BCUT2D eigenvalue weighted by atomic mass is 10.1. The number of hydrogen-bond acceptors (Lipinski definition) is 3. The summed E-state index contributed by atoms with van der Waals surface area (Å²) in [5.74, 6) is 0.905. The van der Waals surface area contributed by atoms with Gasteiger partial charge in [0.1, 0.15) is 12.5 Å². The fourth-order valence-electron chi connectivity index (χ4n) is 1.36. The zero-order chi connectivity index (χ0) is 10.6. The van der Waals surface area contributed by atoms with Crippen LogP contribution in [0.5, 0.6) is 5.75 Å². The summed E-state index contributed by atoms with van der Waals surface area (Å²) in [4.78, 5) is 1.78. The van der Waals surface area contributed by atoms with Crippen LogP contribution in [0.3, 0.4) is 0 Å². The molecule has 0 unspecified atom stereocenters. The van der Waals surface area contributed by atoms with Crippen molar-refractivity contribution >= 4 is 5.69 Å². The number of nitrogens with zero attached hydrogens (tertiary/aromatic N) is 1. The number of rotatable bonds is 4. The van der Waals surface area contributed by atoms with Crippen LogP contribution in [0.1, 0.15) is 12.5 Å². The minimum absolute atomic E-state index is 0.0233. The molecule has 0 bridgehead atoms. The molecule has 0 aliphatic carbocycles.